The van der Waals surface area contributed by atoms with E-state index in [1.165, 1.54) is 0 Å². The zero-order valence-corrected chi connectivity index (χ0v) is 27.8. The van der Waals surface area contributed by atoms with E-state index in [-0.39, 0.29) is 43.7 Å². The molecule has 0 bridgehead atoms. The highest BCUT2D eigenvalue weighted by Crippen LogP contribution is 2.46. The van der Waals surface area contributed by atoms with Gasteiger partial charge >= 0.3 is 5.97 Å². The van der Waals surface area contributed by atoms with Crippen LogP contribution >= 0.6 is 23.2 Å². The number of aliphatic hydroxyl groups is 1. The summed E-state index contributed by atoms with van der Waals surface area (Å²) in [7, 11) is 0. The molecule has 2 aliphatic heterocycles. The molecular formula is C34H37Cl2N3O8. The van der Waals surface area contributed by atoms with E-state index < -0.39 is 29.1 Å². The van der Waals surface area contributed by atoms with Gasteiger partial charge in [-0.3, -0.25) is 15.0 Å². The number of aliphatic imine (C=N–C) groups is 1. The van der Waals surface area contributed by atoms with Gasteiger partial charge in [0.1, 0.15) is 11.4 Å². The summed E-state index contributed by atoms with van der Waals surface area (Å²) in [6.07, 6.45) is -0.724. The highest BCUT2D eigenvalue weighted by atomic mass is 35.5. The van der Waals surface area contributed by atoms with Gasteiger partial charge in [-0.1, -0.05) is 35.3 Å². The molecule has 1 amide bonds. The summed E-state index contributed by atoms with van der Waals surface area (Å²) in [6, 6.07) is 17.4. The molecule has 5 rings (SSSR count). The Kier molecular flexibility index (Phi) is 10.8. The molecule has 0 spiro atoms. The summed E-state index contributed by atoms with van der Waals surface area (Å²) in [6.45, 7) is 6.11. The Hall–Kier alpha value is -4.03. The van der Waals surface area contributed by atoms with Crippen LogP contribution in [0.15, 0.2) is 65.7 Å². The fourth-order valence-corrected chi connectivity index (χ4v) is 5.64. The third-order valence-corrected chi connectivity index (χ3v) is 7.90. The summed E-state index contributed by atoms with van der Waals surface area (Å²) >= 11 is 12.9. The Labute approximate surface area is 283 Å². The summed E-state index contributed by atoms with van der Waals surface area (Å²) in [5.74, 6) is 1.00. The van der Waals surface area contributed by atoms with Gasteiger partial charge in [0.2, 0.25) is 12.7 Å². The van der Waals surface area contributed by atoms with Crippen molar-refractivity contribution >= 4 is 41.0 Å². The minimum Gasteiger partial charge on any atom is -0.494 e. The first-order chi connectivity index (χ1) is 22.5. The van der Waals surface area contributed by atoms with Crippen molar-refractivity contribution in [2.45, 2.75) is 63.8 Å². The normalized spacial score (nSPS) is 18.3. The zero-order valence-electron chi connectivity index (χ0n) is 26.3. The first-order valence-electron chi connectivity index (χ1n) is 15.2. The number of carbonyl (C=O) groups excluding carboxylic acids is 2. The number of aliphatic hydroxyl groups excluding tert-OH is 1. The van der Waals surface area contributed by atoms with Crippen molar-refractivity contribution < 1.29 is 38.4 Å². The van der Waals surface area contributed by atoms with E-state index in [1.54, 1.807) is 69.3 Å². The smallest absolute Gasteiger partial charge is 0.306 e. The molecule has 0 fully saturated rings. The van der Waals surface area contributed by atoms with Gasteiger partial charge in [0.05, 0.1) is 6.61 Å². The van der Waals surface area contributed by atoms with Gasteiger partial charge in [-0.2, -0.15) is 0 Å². The first-order valence-corrected chi connectivity index (χ1v) is 15.9. The van der Waals surface area contributed by atoms with E-state index in [9.17, 15) is 9.59 Å². The Morgan fingerprint density at radius 2 is 1.81 bits per heavy atom. The van der Waals surface area contributed by atoms with E-state index in [4.69, 9.17) is 57.0 Å². The molecule has 0 saturated carbocycles. The van der Waals surface area contributed by atoms with E-state index in [1.807, 2.05) is 12.1 Å². The third kappa shape index (κ3) is 8.47. The highest BCUT2D eigenvalue weighted by Gasteiger charge is 2.54. The quantitative estimate of drug-likeness (QED) is 0.118. The summed E-state index contributed by atoms with van der Waals surface area (Å²) < 4.78 is 28.5. The average molecular weight is 687 g/mol. The van der Waals surface area contributed by atoms with Crippen LogP contribution in [0, 0.1) is 0 Å². The molecule has 11 nitrogen and oxygen atoms in total. The Morgan fingerprint density at radius 1 is 1.04 bits per heavy atom. The fraction of sp³-hybridized carbons (Fsp3) is 0.382. The Balaban J connectivity index is 1.47. The topological polar surface area (TPSA) is 137 Å². The summed E-state index contributed by atoms with van der Waals surface area (Å²) in [4.78, 5) is 32.2. The number of hydrogen-bond acceptors (Lipinski definition) is 10. The van der Waals surface area contributed by atoms with Gasteiger partial charge in [0.25, 0.3) is 5.91 Å². The maximum Gasteiger partial charge on any atom is 0.306 e. The lowest BCUT2D eigenvalue weighted by Crippen LogP contribution is -2.52. The molecule has 0 unspecified atom stereocenters. The van der Waals surface area contributed by atoms with Crippen LogP contribution in [0.25, 0.3) is 0 Å². The van der Waals surface area contributed by atoms with Gasteiger partial charge < -0.3 is 28.8 Å². The maximum absolute atomic E-state index is 14.3. The molecule has 3 aromatic carbocycles. The van der Waals surface area contributed by atoms with Crippen molar-refractivity contribution in [3.8, 4) is 17.2 Å². The number of amides is 1. The van der Waals surface area contributed by atoms with Crippen molar-refractivity contribution in [3.63, 3.8) is 0 Å². The lowest BCUT2D eigenvalue weighted by atomic mass is 9.83. The van der Waals surface area contributed by atoms with E-state index in [0.717, 1.165) is 5.56 Å². The van der Waals surface area contributed by atoms with Crippen molar-refractivity contribution in [3.05, 3.63) is 87.4 Å². The number of esters is 1. The number of nitrogens with one attached hydrogen (secondary N) is 2. The van der Waals surface area contributed by atoms with Crippen molar-refractivity contribution in [1.82, 2.24) is 10.9 Å². The molecular weight excluding hydrogens is 649 g/mol. The predicted molar refractivity (Wildman–Crippen MR) is 176 cm³/mol. The molecule has 2 heterocycles. The SMILES string of the molecule is CC(C)(C)OC(=O)CC[C@]1(C(=O)NNCc2ccc3c(c2)OCO3)N=C(c2ccc(OCCCO)cc2)O[C@H]1c1ccc(Cl)cc1Cl. The number of hydrazine groups is 1. The van der Waals surface area contributed by atoms with Crippen LogP contribution in [0.5, 0.6) is 17.2 Å². The second-order valence-electron chi connectivity index (χ2n) is 12.0. The summed E-state index contributed by atoms with van der Waals surface area (Å²) in [5, 5.41) is 9.73. The molecule has 3 aromatic rings. The second kappa shape index (κ2) is 14.8. The van der Waals surface area contributed by atoms with Crippen LogP contribution in [-0.2, 0) is 25.6 Å². The van der Waals surface area contributed by atoms with Crippen LogP contribution in [0.3, 0.4) is 0 Å². The molecule has 3 N–H and O–H groups in total. The van der Waals surface area contributed by atoms with Gasteiger partial charge in [0.15, 0.2) is 23.1 Å². The molecule has 47 heavy (non-hydrogen) atoms. The van der Waals surface area contributed by atoms with Crippen LogP contribution in [0.1, 0.15) is 62.8 Å². The van der Waals surface area contributed by atoms with E-state index in [2.05, 4.69) is 10.9 Å². The van der Waals surface area contributed by atoms with E-state index in [0.29, 0.717) is 46.4 Å². The summed E-state index contributed by atoms with van der Waals surface area (Å²) in [5.41, 5.74) is 5.27. The number of ether oxygens (including phenoxy) is 5. The molecule has 0 saturated heterocycles. The number of rotatable bonds is 13. The van der Waals surface area contributed by atoms with Gasteiger partial charge in [-0.15, -0.1) is 0 Å². The lowest BCUT2D eigenvalue weighted by molar-refractivity contribution is -0.155. The van der Waals surface area contributed by atoms with E-state index >= 15 is 0 Å². The zero-order chi connectivity index (χ0) is 33.6. The Morgan fingerprint density at radius 3 is 2.53 bits per heavy atom. The standard InChI is InChI=1S/C34H37Cl2N3O8/c1-33(2,3)47-29(41)13-14-34(32(42)39-37-19-21-5-12-27-28(17-21)45-20-44-27)30(25-11-8-23(35)18-26(25)36)46-31(38-34)22-6-9-24(10-7-22)43-16-4-15-40/h5-12,17-18,30,37,40H,4,13-16,19-20H2,1-3H3,(H,39,42)/t30-,34-/m0/s1. The van der Waals surface area contributed by atoms with Gasteiger partial charge in [-0.05, 0) is 81.3 Å². The fourth-order valence-electron chi connectivity index (χ4n) is 5.13. The molecule has 2 atom stereocenters. The third-order valence-electron chi connectivity index (χ3n) is 7.34. The molecule has 0 radical (unpaired) electrons. The minimum absolute atomic E-state index is 0.0242. The molecule has 2 aliphatic rings. The monoisotopic (exact) mass is 685 g/mol. The molecule has 0 aromatic heterocycles. The van der Waals surface area contributed by atoms with Crippen molar-refractivity contribution in [2.75, 3.05) is 20.0 Å². The highest BCUT2D eigenvalue weighted by molar-refractivity contribution is 6.35. The van der Waals surface area contributed by atoms with Crippen molar-refractivity contribution in [1.29, 1.82) is 0 Å². The molecule has 13 heteroatoms. The minimum atomic E-state index is -1.65. The van der Waals surface area contributed by atoms with Crippen LogP contribution < -0.4 is 25.1 Å². The van der Waals surface area contributed by atoms with Crippen molar-refractivity contribution in [2.24, 2.45) is 4.99 Å². The predicted octanol–water partition coefficient (Wildman–Crippen LogP) is 5.68. The Bertz CT molecular complexity index is 1630. The molecule has 0 aliphatic carbocycles. The number of hydrogen-bond donors (Lipinski definition) is 3. The van der Waals surface area contributed by atoms with Crippen LogP contribution in [0.2, 0.25) is 10.0 Å². The first kappa shape index (κ1) is 34.3. The van der Waals surface area contributed by atoms with Gasteiger partial charge in [-0.25, -0.2) is 10.4 Å². The number of carbonyl (C=O) groups is 2. The number of halogens is 2. The second-order valence-corrected chi connectivity index (χ2v) is 12.9. The molecule has 250 valence electrons. The van der Waals surface area contributed by atoms with Crippen LogP contribution in [0.4, 0.5) is 0 Å². The van der Waals surface area contributed by atoms with Gasteiger partial charge in [0, 0.05) is 47.2 Å². The average Bonchev–Trinajstić information content (AvgIpc) is 3.65. The maximum atomic E-state index is 14.3. The number of fused-ring (bicyclic) bond motifs is 1. The van der Waals surface area contributed by atoms with Crippen LogP contribution in [-0.4, -0.2) is 54.0 Å². The number of benzene rings is 3. The lowest BCUT2D eigenvalue weighted by Gasteiger charge is -2.31. The number of nitrogens with zero attached hydrogens (tertiary/aromatic N) is 1. The largest absolute Gasteiger partial charge is 0.494 e.